The molecule has 0 saturated carbocycles. The fourth-order valence-corrected chi connectivity index (χ4v) is 4.03. The Morgan fingerprint density at radius 3 is 2.85 bits per heavy atom. The van der Waals surface area contributed by atoms with Crippen molar-refractivity contribution in [2.45, 2.75) is 24.4 Å². The minimum Gasteiger partial charge on any atom is -0.461 e. The Morgan fingerprint density at radius 2 is 2.15 bits per heavy atom. The van der Waals surface area contributed by atoms with Gasteiger partial charge in [-0.05, 0) is 31.2 Å². The molecular formula is C18H17FN4O2S2. The first-order valence-electron chi connectivity index (χ1n) is 8.16. The molecule has 0 N–H and O–H groups in total. The van der Waals surface area contributed by atoms with Crippen LogP contribution in [0, 0.1) is 5.82 Å². The first-order chi connectivity index (χ1) is 13.1. The highest BCUT2D eigenvalue weighted by atomic mass is 32.2. The molecule has 0 bridgehead atoms. The van der Waals surface area contributed by atoms with Gasteiger partial charge in [0.05, 0.1) is 12.4 Å². The lowest BCUT2D eigenvalue weighted by Crippen LogP contribution is -2.05. The molecule has 0 unspecified atom stereocenters. The molecule has 0 fully saturated rings. The van der Waals surface area contributed by atoms with Gasteiger partial charge in [0.15, 0.2) is 16.7 Å². The molecule has 3 aromatic rings. The van der Waals surface area contributed by atoms with Crippen molar-refractivity contribution >= 4 is 29.1 Å². The molecule has 27 heavy (non-hydrogen) atoms. The first-order valence-corrected chi connectivity index (χ1v) is 10.0. The zero-order valence-electron chi connectivity index (χ0n) is 14.6. The Balaban J connectivity index is 1.76. The summed E-state index contributed by atoms with van der Waals surface area (Å²) in [5.41, 5.74) is 1.09. The van der Waals surface area contributed by atoms with Crippen LogP contribution in [0.25, 0.3) is 11.4 Å². The van der Waals surface area contributed by atoms with E-state index in [2.05, 4.69) is 21.8 Å². The summed E-state index contributed by atoms with van der Waals surface area (Å²) < 4.78 is 20.0. The Bertz CT molecular complexity index is 937. The van der Waals surface area contributed by atoms with Crippen molar-refractivity contribution in [2.24, 2.45) is 0 Å². The highest BCUT2D eigenvalue weighted by molar-refractivity contribution is 7.98. The van der Waals surface area contributed by atoms with Gasteiger partial charge in [0.2, 0.25) is 0 Å². The number of esters is 1. The Morgan fingerprint density at radius 1 is 1.37 bits per heavy atom. The van der Waals surface area contributed by atoms with Crippen LogP contribution in [0.2, 0.25) is 0 Å². The van der Waals surface area contributed by atoms with E-state index >= 15 is 0 Å². The Kier molecular flexibility index (Phi) is 6.36. The van der Waals surface area contributed by atoms with Crippen LogP contribution in [-0.4, -0.2) is 32.3 Å². The summed E-state index contributed by atoms with van der Waals surface area (Å²) in [5, 5.41) is 11.6. The van der Waals surface area contributed by atoms with Crippen molar-refractivity contribution in [2.75, 3.05) is 6.61 Å². The normalized spacial score (nSPS) is 10.7. The number of rotatable bonds is 8. The third-order valence-electron chi connectivity index (χ3n) is 3.49. The molecule has 0 aliphatic carbocycles. The molecule has 0 aliphatic heterocycles. The molecule has 0 saturated heterocycles. The molecule has 6 nitrogen and oxygen atoms in total. The second kappa shape index (κ2) is 8.92. The van der Waals surface area contributed by atoms with Gasteiger partial charge in [-0.15, -0.1) is 28.1 Å². The van der Waals surface area contributed by atoms with Crippen molar-refractivity contribution in [1.82, 2.24) is 19.7 Å². The van der Waals surface area contributed by atoms with Gasteiger partial charge >= 0.3 is 5.97 Å². The van der Waals surface area contributed by atoms with Crippen LogP contribution in [0.4, 0.5) is 4.39 Å². The van der Waals surface area contributed by atoms with Gasteiger partial charge in [0.1, 0.15) is 10.8 Å². The highest BCUT2D eigenvalue weighted by Gasteiger charge is 2.16. The number of ether oxygens (including phenoxy) is 1. The van der Waals surface area contributed by atoms with E-state index in [-0.39, 0.29) is 5.82 Å². The lowest BCUT2D eigenvalue weighted by Gasteiger charge is -2.07. The second-order valence-electron chi connectivity index (χ2n) is 5.35. The van der Waals surface area contributed by atoms with E-state index in [0.29, 0.717) is 35.6 Å². The topological polar surface area (TPSA) is 69.9 Å². The van der Waals surface area contributed by atoms with Gasteiger partial charge in [0.25, 0.3) is 0 Å². The summed E-state index contributed by atoms with van der Waals surface area (Å²) >= 11 is 2.86. The van der Waals surface area contributed by atoms with E-state index in [9.17, 15) is 9.18 Å². The van der Waals surface area contributed by atoms with E-state index in [0.717, 1.165) is 10.6 Å². The third kappa shape index (κ3) is 4.61. The van der Waals surface area contributed by atoms with Crippen LogP contribution < -0.4 is 0 Å². The minimum absolute atomic E-state index is 0.302. The summed E-state index contributed by atoms with van der Waals surface area (Å²) in [6.45, 7) is 6.37. The summed E-state index contributed by atoms with van der Waals surface area (Å²) in [7, 11) is 0. The molecule has 0 amide bonds. The number of hydrogen-bond acceptors (Lipinski definition) is 7. The van der Waals surface area contributed by atoms with Crippen LogP contribution in [-0.2, 0) is 17.0 Å². The lowest BCUT2D eigenvalue weighted by atomic mass is 10.2. The summed E-state index contributed by atoms with van der Waals surface area (Å²) in [5.74, 6) is 0.467. The smallest absolute Gasteiger partial charge is 0.357 e. The number of hydrogen-bond donors (Lipinski definition) is 0. The number of carbonyl (C=O) groups is 1. The maximum absolute atomic E-state index is 13.2. The molecule has 3 rings (SSSR count). The van der Waals surface area contributed by atoms with Crippen LogP contribution in [0.15, 0.2) is 47.5 Å². The van der Waals surface area contributed by atoms with Crippen molar-refractivity contribution < 1.29 is 13.9 Å². The summed E-state index contributed by atoms with van der Waals surface area (Å²) in [4.78, 5) is 16.0. The van der Waals surface area contributed by atoms with E-state index < -0.39 is 5.97 Å². The number of thioether (sulfide) groups is 1. The molecule has 0 aliphatic rings. The van der Waals surface area contributed by atoms with Gasteiger partial charge < -0.3 is 4.74 Å². The number of aromatic nitrogens is 4. The maximum atomic E-state index is 13.2. The summed E-state index contributed by atoms with van der Waals surface area (Å²) in [6, 6.07) is 6.11. The fraction of sp³-hybridized carbons (Fsp3) is 0.222. The van der Waals surface area contributed by atoms with Crippen LogP contribution in [0.5, 0.6) is 0 Å². The highest BCUT2D eigenvalue weighted by Crippen LogP contribution is 2.27. The molecule has 0 spiro atoms. The van der Waals surface area contributed by atoms with E-state index in [1.807, 2.05) is 4.57 Å². The number of halogens is 1. The van der Waals surface area contributed by atoms with Crippen molar-refractivity contribution in [3.05, 3.63) is 58.8 Å². The van der Waals surface area contributed by atoms with Gasteiger partial charge in [-0.25, -0.2) is 14.2 Å². The van der Waals surface area contributed by atoms with Crippen LogP contribution >= 0.6 is 23.1 Å². The number of allylic oxidation sites excluding steroid dienone is 1. The third-order valence-corrected chi connectivity index (χ3v) is 5.50. The molecule has 9 heteroatoms. The quantitative estimate of drug-likeness (QED) is 0.318. The van der Waals surface area contributed by atoms with Gasteiger partial charge in [-0.2, -0.15) is 0 Å². The molecule has 2 aromatic heterocycles. The molecule has 0 radical (unpaired) electrons. The van der Waals surface area contributed by atoms with E-state index in [1.54, 1.807) is 30.5 Å². The number of nitrogens with zero attached hydrogens (tertiary/aromatic N) is 4. The van der Waals surface area contributed by atoms with Crippen LogP contribution in [0.1, 0.15) is 22.4 Å². The number of benzene rings is 1. The molecular weight excluding hydrogens is 387 g/mol. The zero-order chi connectivity index (χ0) is 19.2. The second-order valence-corrected chi connectivity index (χ2v) is 7.23. The van der Waals surface area contributed by atoms with Crippen molar-refractivity contribution in [1.29, 1.82) is 0 Å². The number of carbonyl (C=O) groups excluding carboxylic acids is 1. The van der Waals surface area contributed by atoms with Gasteiger partial charge in [-0.1, -0.05) is 17.8 Å². The SMILES string of the molecule is C=CCn1c(SCc2nc(C(=O)OCC)cs2)nnc1-c1ccc(F)cc1. The average Bonchev–Trinajstić information content (AvgIpc) is 3.29. The monoisotopic (exact) mass is 404 g/mol. The predicted octanol–water partition coefficient (Wildman–Crippen LogP) is 4.20. The average molecular weight is 404 g/mol. The first kappa shape index (κ1) is 19.2. The van der Waals surface area contributed by atoms with Crippen LogP contribution in [0.3, 0.4) is 0 Å². The van der Waals surface area contributed by atoms with Gasteiger partial charge in [-0.3, -0.25) is 4.57 Å². The Labute approximate surface area is 164 Å². The molecule has 0 atom stereocenters. The largest absolute Gasteiger partial charge is 0.461 e. The molecule has 140 valence electrons. The lowest BCUT2D eigenvalue weighted by molar-refractivity contribution is 0.0520. The van der Waals surface area contributed by atoms with Crippen molar-refractivity contribution in [3.63, 3.8) is 0 Å². The standard InChI is InChI=1S/C18H17FN4O2S2/c1-3-9-23-16(12-5-7-13(19)8-6-12)21-22-18(23)27-11-15-20-14(10-26-15)17(24)25-4-2/h3,5-8,10H,1,4,9,11H2,2H3. The number of thiazole rings is 1. The summed E-state index contributed by atoms with van der Waals surface area (Å²) in [6.07, 6.45) is 1.75. The fourth-order valence-electron chi connectivity index (χ4n) is 2.30. The predicted molar refractivity (Wildman–Crippen MR) is 103 cm³/mol. The van der Waals surface area contributed by atoms with Gasteiger partial charge in [0, 0.05) is 17.5 Å². The van der Waals surface area contributed by atoms with Crippen molar-refractivity contribution in [3.8, 4) is 11.4 Å². The Hall–Kier alpha value is -2.52. The molecule has 2 heterocycles. The zero-order valence-corrected chi connectivity index (χ0v) is 16.2. The molecule has 1 aromatic carbocycles. The minimum atomic E-state index is -0.418. The maximum Gasteiger partial charge on any atom is 0.357 e. The van der Waals surface area contributed by atoms with E-state index in [4.69, 9.17) is 4.74 Å². The van der Waals surface area contributed by atoms with E-state index in [1.165, 1.54) is 35.2 Å².